The zero-order chi connectivity index (χ0) is 20.6. The van der Waals surface area contributed by atoms with E-state index in [-0.39, 0.29) is 17.6 Å². The van der Waals surface area contributed by atoms with Crippen LogP contribution in [0.2, 0.25) is 5.04 Å². The largest absolute Gasteiger partial charge is 0.407 e. The Kier molecular flexibility index (Phi) is 8.44. The molecule has 0 unspecified atom stereocenters. The predicted molar refractivity (Wildman–Crippen MR) is 120 cm³/mol. The number of rotatable bonds is 10. The first kappa shape index (κ1) is 22.8. The quantitative estimate of drug-likeness (QED) is 0.472. The molecule has 28 heavy (non-hydrogen) atoms. The van der Waals surface area contributed by atoms with Crippen molar-refractivity contribution < 1.29 is 14.6 Å². The minimum absolute atomic E-state index is 0.0161. The average molecular weight is 401 g/mol. The molecular weight excluding hydrogens is 364 g/mol. The Morgan fingerprint density at radius 3 is 1.82 bits per heavy atom. The summed E-state index contributed by atoms with van der Waals surface area (Å²) in [5, 5.41) is 21.7. The normalized spacial score (nSPS) is 14.6. The Bertz CT molecular complexity index is 643. The van der Waals surface area contributed by atoms with Crippen molar-refractivity contribution in [3.05, 3.63) is 60.7 Å². The molecule has 3 nitrogen and oxygen atoms in total. The lowest BCUT2D eigenvalue weighted by Gasteiger charge is -2.43. The summed E-state index contributed by atoms with van der Waals surface area (Å²) < 4.78 is 6.86. The predicted octanol–water partition coefficient (Wildman–Crippen LogP) is 3.72. The Morgan fingerprint density at radius 2 is 1.39 bits per heavy atom. The highest BCUT2D eigenvalue weighted by Crippen LogP contribution is 2.36. The smallest absolute Gasteiger partial charge is 0.261 e. The first-order valence-electron chi connectivity index (χ1n) is 10.4. The highest BCUT2D eigenvalue weighted by atomic mass is 28.4. The van der Waals surface area contributed by atoms with Gasteiger partial charge in [-0.15, -0.1) is 0 Å². The van der Waals surface area contributed by atoms with Gasteiger partial charge in [0.05, 0.1) is 6.10 Å². The second kappa shape index (κ2) is 10.4. The van der Waals surface area contributed by atoms with Gasteiger partial charge in [0.25, 0.3) is 8.32 Å². The van der Waals surface area contributed by atoms with Crippen LogP contribution in [0.4, 0.5) is 0 Å². The highest BCUT2D eigenvalue weighted by Gasteiger charge is 2.49. The van der Waals surface area contributed by atoms with Crippen molar-refractivity contribution in [2.24, 2.45) is 5.92 Å². The van der Waals surface area contributed by atoms with Gasteiger partial charge in [0, 0.05) is 13.2 Å². The van der Waals surface area contributed by atoms with Crippen LogP contribution < -0.4 is 10.4 Å². The van der Waals surface area contributed by atoms with E-state index in [1.165, 1.54) is 10.4 Å². The summed E-state index contributed by atoms with van der Waals surface area (Å²) >= 11 is 0. The molecule has 0 amide bonds. The zero-order valence-corrected chi connectivity index (χ0v) is 18.8. The molecule has 154 valence electrons. The van der Waals surface area contributed by atoms with E-state index in [1.54, 1.807) is 0 Å². The topological polar surface area (TPSA) is 49.7 Å². The van der Waals surface area contributed by atoms with Crippen LogP contribution >= 0.6 is 0 Å². The molecule has 2 atom stereocenters. The van der Waals surface area contributed by atoms with Crippen molar-refractivity contribution >= 4 is 18.7 Å². The van der Waals surface area contributed by atoms with E-state index in [0.29, 0.717) is 13.0 Å². The van der Waals surface area contributed by atoms with E-state index in [1.807, 2.05) is 6.92 Å². The van der Waals surface area contributed by atoms with E-state index in [4.69, 9.17) is 9.53 Å². The molecular formula is C24H36O3Si. The SMILES string of the molecule is C[C@@H](CCCO[Si](c1ccccc1)(c1ccccc1)C(C)(C)C)[C@@H](O)CCO. The van der Waals surface area contributed by atoms with Gasteiger partial charge >= 0.3 is 0 Å². The third-order valence-electron chi connectivity index (χ3n) is 5.62. The molecule has 4 heteroatoms. The molecule has 2 N–H and O–H groups in total. The lowest BCUT2D eigenvalue weighted by molar-refractivity contribution is 0.0792. The maximum Gasteiger partial charge on any atom is 0.261 e. The van der Waals surface area contributed by atoms with Crippen LogP contribution in [0.25, 0.3) is 0 Å². The third kappa shape index (κ3) is 5.32. The van der Waals surface area contributed by atoms with Crippen molar-refractivity contribution in [1.82, 2.24) is 0 Å². The molecule has 0 aromatic heterocycles. The van der Waals surface area contributed by atoms with E-state index < -0.39 is 14.4 Å². The molecule has 0 fully saturated rings. The van der Waals surface area contributed by atoms with Crippen molar-refractivity contribution in [3.63, 3.8) is 0 Å². The number of aliphatic hydroxyl groups excluding tert-OH is 2. The minimum atomic E-state index is -2.47. The van der Waals surface area contributed by atoms with Gasteiger partial charge in [0.1, 0.15) is 0 Å². The minimum Gasteiger partial charge on any atom is -0.407 e. The Balaban J connectivity index is 2.25. The highest BCUT2D eigenvalue weighted by molar-refractivity contribution is 6.99. The zero-order valence-electron chi connectivity index (χ0n) is 17.8. The Labute approximate surface area is 171 Å². The molecule has 2 rings (SSSR count). The second-order valence-electron chi connectivity index (χ2n) is 8.71. The van der Waals surface area contributed by atoms with Crippen LogP contribution in [-0.4, -0.2) is 37.8 Å². The van der Waals surface area contributed by atoms with Gasteiger partial charge in [-0.25, -0.2) is 0 Å². The van der Waals surface area contributed by atoms with E-state index in [2.05, 4.69) is 81.4 Å². The number of hydrogen-bond acceptors (Lipinski definition) is 3. The summed E-state index contributed by atoms with van der Waals surface area (Å²) in [7, 11) is -2.47. The fourth-order valence-electron chi connectivity index (χ4n) is 4.00. The molecule has 0 aliphatic rings. The molecule has 0 saturated heterocycles. The second-order valence-corrected chi connectivity index (χ2v) is 13.0. The van der Waals surface area contributed by atoms with Crippen molar-refractivity contribution in [1.29, 1.82) is 0 Å². The van der Waals surface area contributed by atoms with Crippen LogP contribution in [0, 0.1) is 5.92 Å². The standard InChI is InChI=1S/C24H36O3Si/c1-20(23(26)17-18-25)12-11-19-27-28(24(2,3)4,21-13-7-5-8-14-21)22-15-9-6-10-16-22/h5-10,13-16,20,23,25-26H,11-12,17-19H2,1-4H3/t20-,23-/m0/s1. The average Bonchev–Trinajstić information content (AvgIpc) is 2.68. The van der Waals surface area contributed by atoms with Gasteiger partial charge in [-0.3, -0.25) is 0 Å². The van der Waals surface area contributed by atoms with Gasteiger partial charge in [-0.1, -0.05) is 88.4 Å². The van der Waals surface area contributed by atoms with Gasteiger partial charge in [0.2, 0.25) is 0 Å². The number of aliphatic hydroxyl groups is 2. The molecule has 0 aliphatic carbocycles. The Hall–Kier alpha value is -1.46. The van der Waals surface area contributed by atoms with Gasteiger partial charge in [0.15, 0.2) is 0 Å². The number of benzene rings is 2. The molecule has 0 saturated carbocycles. The fourth-order valence-corrected chi connectivity index (χ4v) is 8.61. The van der Waals surface area contributed by atoms with Crippen LogP contribution in [0.15, 0.2) is 60.7 Å². The monoisotopic (exact) mass is 400 g/mol. The first-order valence-corrected chi connectivity index (χ1v) is 12.3. The fraction of sp³-hybridized carbons (Fsp3) is 0.500. The molecule has 0 heterocycles. The molecule has 0 radical (unpaired) electrons. The van der Waals surface area contributed by atoms with Gasteiger partial charge in [-0.05, 0) is 40.6 Å². The van der Waals surface area contributed by atoms with E-state index in [0.717, 1.165) is 12.8 Å². The molecule has 0 aliphatic heterocycles. The summed E-state index contributed by atoms with van der Waals surface area (Å²) in [4.78, 5) is 0. The van der Waals surface area contributed by atoms with Crippen molar-refractivity contribution in [2.75, 3.05) is 13.2 Å². The van der Waals surface area contributed by atoms with Crippen molar-refractivity contribution in [3.8, 4) is 0 Å². The van der Waals surface area contributed by atoms with Crippen LogP contribution in [0.1, 0.15) is 47.0 Å². The summed E-state index contributed by atoms with van der Waals surface area (Å²) in [6.45, 7) is 9.60. The third-order valence-corrected chi connectivity index (χ3v) is 10.7. The molecule has 0 spiro atoms. The maximum atomic E-state index is 10.1. The summed E-state index contributed by atoms with van der Waals surface area (Å²) in [6, 6.07) is 21.3. The summed E-state index contributed by atoms with van der Waals surface area (Å²) in [6.07, 6.45) is 1.78. The summed E-state index contributed by atoms with van der Waals surface area (Å²) in [5.74, 6) is 0.162. The summed E-state index contributed by atoms with van der Waals surface area (Å²) in [5.41, 5.74) is 0. The maximum absolute atomic E-state index is 10.1. The Morgan fingerprint density at radius 1 is 0.893 bits per heavy atom. The first-order chi connectivity index (χ1) is 13.3. The van der Waals surface area contributed by atoms with Crippen molar-refractivity contribution in [2.45, 2.75) is 58.1 Å². The van der Waals surface area contributed by atoms with Crippen LogP contribution in [-0.2, 0) is 4.43 Å². The van der Waals surface area contributed by atoms with Crippen LogP contribution in [0.5, 0.6) is 0 Å². The van der Waals surface area contributed by atoms with Crippen LogP contribution in [0.3, 0.4) is 0 Å². The van der Waals surface area contributed by atoms with E-state index in [9.17, 15) is 5.11 Å². The molecule has 2 aromatic carbocycles. The van der Waals surface area contributed by atoms with E-state index >= 15 is 0 Å². The van der Waals surface area contributed by atoms with Gasteiger partial charge < -0.3 is 14.6 Å². The number of hydrogen-bond donors (Lipinski definition) is 2. The molecule has 0 bridgehead atoms. The molecule has 2 aromatic rings. The van der Waals surface area contributed by atoms with Gasteiger partial charge in [-0.2, -0.15) is 0 Å². The lowest BCUT2D eigenvalue weighted by Crippen LogP contribution is -2.66. The lowest BCUT2D eigenvalue weighted by atomic mass is 9.97.